The van der Waals surface area contributed by atoms with Crippen LogP contribution >= 0.6 is 0 Å². The van der Waals surface area contributed by atoms with Crippen LogP contribution < -0.4 is 11.0 Å². The monoisotopic (exact) mass is 247 g/mol. The van der Waals surface area contributed by atoms with E-state index < -0.39 is 37.0 Å². The van der Waals surface area contributed by atoms with Crippen LogP contribution in [-0.4, -0.2) is 39.9 Å². The van der Waals surface area contributed by atoms with E-state index in [0.717, 1.165) is 0 Å². The summed E-state index contributed by atoms with van der Waals surface area (Å²) in [6.45, 7) is -0.752. The Hall–Kier alpha value is -1.54. The number of anilines is 1. The van der Waals surface area contributed by atoms with Crippen molar-refractivity contribution in [3.63, 3.8) is 0 Å². The molecule has 0 saturated carbocycles. The summed E-state index contributed by atoms with van der Waals surface area (Å²) in [5.41, 5.74) is -0.585. The maximum Gasteiger partial charge on any atom is 0.346 e. The Bertz CT molecular complexity index is 451. The molecular weight excluding hydrogens is 236 g/mol. The average Bonchev–Trinajstić information content (AvgIpc) is 2.52. The average molecular weight is 247 g/mol. The lowest BCUT2D eigenvalue weighted by atomic mass is 10.2. The summed E-state index contributed by atoms with van der Waals surface area (Å²) in [6.07, 6.45) is -1.80. The van der Waals surface area contributed by atoms with E-state index in [9.17, 15) is 13.6 Å². The SMILES string of the molecule is O=c1nccc(NC2CC(F)(F)[C@H](CO)O2)[nH]1. The molecule has 8 heteroatoms. The summed E-state index contributed by atoms with van der Waals surface area (Å²) in [5, 5.41) is 11.3. The molecule has 1 aliphatic rings. The highest BCUT2D eigenvalue weighted by Crippen LogP contribution is 2.35. The fraction of sp³-hybridized carbons (Fsp3) is 0.556. The number of aliphatic hydroxyl groups is 1. The molecular formula is C9H11F2N3O3. The number of aromatic nitrogens is 2. The van der Waals surface area contributed by atoms with Gasteiger partial charge >= 0.3 is 5.69 Å². The molecule has 6 nitrogen and oxygen atoms in total. The van der Waals surface area contributed by atoms with Gasteiger partial charge in [0.05, 0.1) is 13.0 Å². The van der Waals surface area contributed by atoms with Gasteiger partial charge in [-0.05, 0) is 6.07 Å². The minimum absolute atomic E-state index is 0.240. The highest BCUT2D eigenvalue weighted by Gasteiger charge is 2.49. The number of ether oxygens (including phenoxy) is 1. The molecule has 1 aliphatic heterocycles. The molecule has 2 heterocycles. The Kier molecular flexibility index (Phi) is 3.07. The van der Waals surface area contributed by atoms with Crippen LogP contribution in [0.5, 0.6) is 0 Å². The van der Waals surface area contributed by atoms with Crippen LogP contribution in [-0.2, 0) is 4.74 Å². The van der Waals surface area contributed by atoms with Crippen LogP contribution in [0.4, 0.5) is 14.6 Å². The summed E-state index contributed by atoms with van der Waals surface area (Å²) < 4.78 is 31.4. The van der Waals surface area contributed by atoms with E-state index >= 15 is 0 Å². The molecule has 1 saturated heterocycles. The molecule has 1 unspecified atom stereocenters. The molecule has 94 valence electrons. The number of halogens is 2. The molecule has 3 N–H and O–H groups in total. The van der Waals surface area contributed by atoms with Crippen LogP contribution in [0, 0.1) is 0 Å². The first-order valence-corrected chi connectivity index (χ1v) is 4.97. The third-order valence-electron chi connectivity index (χ3n) is 2.41. The second-order valence-electron chi connectivity index (χ2n) is 3.69. The van der Waals surface area contributed by atoms with Crippen LogP contribution in [0.3, 0.4) is 0 Å². The summed E-state index contributed by atoms with van der Waals surface area (Å²) in [7, 11) is 0. The topological polar surface area (TPSA) is 87.2 Å². The highest BCUT2D eigenvalue weighted by molar-refractivity contribution is 5.32. The Balaban J connectivity index is 2.05. The van der Waals surface area contributed by atoms with Crippen LogP contribution in [0.1, 0.15) is 6.42 Å². The number of rotatable bonds is 3. The second-order valence-corrected chi connectivity index (χ2v) is 3.69. The van der Waals surface area contributed by atoms with Crippen LogP contribution in [0.25, 0.3) is 0 Å². The van der Waals surface area contributed by atoms with Gasteiger partial charge in [0.1, 0.15) is 18.1 Å². The van der Waals surface area contributed by atoms with Crippen LogP contribution in [0.15, 0.2) is 17.1 Å². The number of hydrogen-bond donors (Lipinski definition) is 3. The summed E-state index contributed by atoms with van der Waals surface area (Å²) >= 11 is 0. The lowest BCUT2D eigenvalue weighted by molar-refractivity contribution is -0.0927. The summed E-state index contributed by atoms with van der Waals surface area (Å²) in [4.78, 5) is 16.6. The maximum atomic E-state index is 13.2. The van der Waals surface area contributed by atoms with Crippen molar-refractivity contribution in [2.24, 2.45) is 0 Å². The Morgan fingerprint density at radius 2 is 2.47 bits per heavy atom. The van der Waals surface area contributed by atoms with E-state index in [1.54, 1.807) is 0 Å². The molecule has 1 fully saturated rings. The first-order valence-electron chi connectivity index (χ1n) is 4.97. The van der Waals surface area contributed by atoms with Crippen molar-refractivity contribution in [3.05, 3.63) is 22.7 Å². The second kappa shape index (κ2) is 4.38. The minimum Gasteiger partial charge on any atom is -0.393 e. The molecule has 0 amide bonds. The van der Waals surface area contributed by atoms with Gasteiger partial charge in [0.15, 0.2) is 0 Å². The van der Waals surface area contributed by atoms with Gasteiger partial charge in [0.25, 0.3) is 5.92 Å². The van der Waals surface area contributed by atoms with Gasteiger partial charge in [-0.2, -0.15) is 0 Å². The molecule has 0 radical (unpaired) electrons. The number of aromatic amines is 1. The summed E-state index contributed by atoms with van der Waals surface area (Å²) in [5.74, 6) is -2.84. The lowest BCUT2D eigenvalue weighted by Gasteiger charge is -2.14. The molecule has 1 aromatic heterocycles. The fourth-order valence-corrected chi connectivity index (χ4v) is 1.61. The molecule has 0 spiro atoms. The maximum absolute atomic E-state index is 13.2. The lowest BCUT2D eigenvalue weighted by Crippen LogP contribution is -2.31. The quantitative estimate of drug-likeness (QED) is 0.695. The van der Waals surface area contributed by atoms with E-state index in [2.05, 4.69) is 15.3 Å². The van der Waals surface area contributed by atoms with Gasteiger partial charge in [0, 0.05) is 6.20 Å². The van der Waals surface area contributed by atoms with Crippen molar-refractivity contribution < 1.29 is 18.6 Å². The zero-order chi connectivity index (χ0) is 12.5. The van der Waals surface area contributed by atoms with Gasteiger partial charge in [0.2, 0.25) is 0 Å². The number of H-pyrrole nitrogens is 1. The van der Waals surface area contributed by atoms with Gasteiger partial charge in [-0.3, -0.25) is 4.98 Å². The number of aliphatic hydroxyl groups excluding tert-OH is 1. The Labute approximate surface area is 94.6 Å². The molecule has 0 aromatic carbocycles. The molecule has 0 aliphatic carbocycles. The number of hydrogen-bond acceptors (Lipinski definition) is 5. The molecule has 2 rings (SSSR count). The predicted octanol–water partition coefficient (Wildman–Crippen LogP) is -0.0756. The van der Waals surface area contributed by atoms with E-state index in [0.29, 0.717) is 0 Å². The fourth-order valence-electron chi connectivity index (χ4n) is 1.61. The smallest absolute Gasteiger partial charge is 0.346 e. The van der Waals surface area contributed by atoms with Crippen LogP contribution in [0.2, 0.25) is 0 Å². The van der Waals surface area contributed by atoms with Crippen molar-refractivity contribution in [1.82, 2.24) is 9.97 Å². The van der Waals surface area contributed by atoms with Gasteiger partial charge in [-0.25, -0.2) is 18.6 Å². The Morgan fingerprint density at radius 3 is 3.06 bits per heavy atom. The molecule has 1 aromatic rings. The standard InChI is InChI=1S/C9H11F2N3O3/c10-9(11)3-7(17-5(9)4-15)13-6-1-2-12-8(16)14-6/h1-2,5,7,15H,3-4H2,(H2,12,13,14,16)/t5-,7?/m0/s1. The number of nitrogens with zero attached hydrogens (tertiary/aromatic N) is 1. The highest BCUT2D eigenvalue weighted by atomic mass is 19.3. The van der Waals surface area contributed by atoms with Crippen molar-refractivity contribution in [1.29, 1.82) is 0 Å². The predicted molar refractivity (Wildman–Crippen MR) is 53.8 cm³/mol. The molecule has 2 atom stereocenters. The van der Waals surface area contributed by atoms with Crippen molar-refractivity contribution in [2.75, 3.05) is 11.9 Å². The van der Waals surface area contributed by atoms with E-state index in [1.165, 1.54) is 12.3 Å². The van der Waals surface area contributed by atoms with E-state index in [4.69, 9.17) is 9.84 Å². The minimum atomic E-state index is -3.08. The van der Waals surface area contributed by atoms with Crippen molar-refractivity contribution in [3.8, 4) is 0 Å². The van der Waals surface area contributed by atoms with E-state index in [-0.39, 0.29) is 5.82 Å². The molecule has 17 heavy (non-hydrogen) atoms. The summed E-state index contributed by atoms with van der Waals surface area (Å²) in [6, 6.07) is 1.43. The first kappa shape index (κ1) is 11.9. The Morgan fingerprint density at radius 1 is 1.71 bits per heavy atom. The third-order valence-corrected chi connectivity index (χ3v) is 2.41. The zero-order valence-corrected chi connectivity index (χ0v) is 8.69. The normalized spacial score (nSPS) is 27.0. The molecule has 0 bridgehead atoms. The van der Waals surface area contributed by atoms with Gasteiger partial charge in [-0.15, -0.1) is 0 Å². The number of alkyl halides is 2. The van der Waals surface area contributed by atoms with E-state index in [1.807, 2.05) is 0 Å². The van der Waals surface area contributed by atoms with Gasteiger partial charge in [-0.1, -0.05) is 0 Å². The first-order chi connectivity index (χ1) is 8.01. The third kappa shape index (κ3) is 2.59. The number of nitrogens with one attached hydrogen (secondary N) is 2. The largest absolute Gasteiger partial charge is 0.393 e. The van der Waals surface area contributed by atoms with Crippen molar-refractivity contribution >= 4 is 5.82 Å². The zero-order valence-electron chi connectivity index (χ0n) is 8.69. The van der Waals surface area contributed by atoms with Crippen molar-refractivity contribution in [2.45, 2.75) is 24.7 Å². The van der Waals surface area contributed by atoms with Gasteiger partial charge < -0.3 is 15.2 Å².